The smallest absolute Gasteiger partial charge is 0.306 e. The van der Waals surface area contributed by atoms with Crippen LogP contribution in [0.2, 0.25) is 0 Å². The van der Waals surface area contributed by atoms with Crippen molar-refractivity contribution in [3.8, 4) is 0 Å². The van der Waals surface area contributed by atoms with E-state index in [2.05, 4.69) is 5.32 Å². The van der Waals surface area contributed by atoms with E-state index in [1.165, 1.54) is 25.7 Å². The molecule has 2 fully saturated rings. The third kappa shape index (κ3) is 3.47. The number of amides is 1. The molecule has 0 aromatic rings. The fraction of sp³-hybridized carbons (Fsp3) is 0.857. The summed E-state index contributed by atoms with van der Waals surface area (Å²) in [6, 6.07) is 0. The Bertz CT molecular complexity index is 310. The molecule has 1 amide bonds. The van der Waals surface area contributed by atoms with Gasteiger partial charge in [0.15, 0.2) is 0 Å². The van der Waals surface area contributed by atoms with Gasteiger partial charge in [0, 0.05) is 13.0 Å². The summed E-state index contributed by atoms with van der Waals surface area (Å²) in [7, 11) is 0. The topological polar surface area (TPSA) is 66.4 Å². The van der Waals surface area contributed by atoms with Crippen LogP contribution in [0.25, 0.3) is 0 Å². The Hall–Kier alpha value is -1.06. The van der Waals surface area contributed by atoms with Gasteiger partial charge in [0.05, 0.1) is 5.92 Å². The second kappa shape index (κ2) is 6.21. The summed E-state index contributed by atoms with van der Waals surface area (Å²) in [6.45, 7) is 0.544. The number of carboxylic acids is 1. The molecule has 0 aromatic heterocycles. The number of carboxylic acid groups (broad SMARTS) is 1. The van der Waals surface area contributed by atoms with E-state index in [0.29, 0.717) is 18.9 Å². The van der Waals surface area contributed by atoms with Crippen molar-refractivity contribution in [3.63, 3.8) is 0 Å². The van der Waals surface area contributed by atoms with Gasteiger partial charge in [0.2, 0.25) is 5.91 Å². The van der Waals surface area contributed by atoms with Gasteiger partial charge in [-0.3, -0.25) is 9.59 Å². The van der Waals surface area contributed by atoms with Crippen LogP contribution in [0.5, 0.6) is 0 Å². The molecule has 2 N–H and O–H groups in total. The largest absolute Gasteiger partial charge is 0.481 e. The molecule has 2 atom stereocenters. The van der Waals surface area contributed by atoms with Crippen LogP contribution in [0.15, 0.2) is 0 Å². The van der Waals surface area contributed by atoms with E-state index in [0.717, 1.165) is 19.3 Å². The zero-order chi connectivity index (χ0) is 13.0. The molecule has 4 nitrogen and oxygen atoms in total. The summed E-state index contributed by atoms with van der Waals surface area (Å²) in [5, 5.41) is 12.0. The van der Waals surface area contributed by atoms with E-state index in [-0.39, 0.29) is 17.7 Å². The maximum Gasteiger partial charge on any atom is 0.306 e. The number of rotatable bonds is 5. The number of hydrogen-bond donors (Lipinski definition) is 2. The molecule has 0 bridgehead atoms. The first kappa shape index (κ1) is 13.4. The van der Waals surface area contributed by atoms with Gasteiger partial charge in [-0.2, -0.15) is 0 Å². The lowest BCUT2D eigenvalue weighted by Crippen LogP contribution is -2.33. The predicted molar refractivity (Wildman–Crippen MR) is 68.1 cm³/mol. The number of aliphatic carboxylic acids is 1. The highest BCUT2D eigenvalue weighted by molar-refractivity contribution is 5.76. The van der Waals surface area contributed by atoms with Gasteiger partial charge in [-0.15, -0.1) is 0 Å². The van der Waals surface area contributed by atoms with Crippen LogP contribution in [0.4, 0.5) is 0 Å². The zero-order valence-electron chi connectivity index (χ0n) is 10.9. The van der Waals surface area contributed by atoms with Crippen molar-refractivity contribution >= 4 is 11.9 Å². The van der Waals surface area contributed by atoms with Crippen molar-refractivity contribution in [1.82, 2.24) is 5.32 Å². The van der Waals surface area contributed by atoms with E-state index in [9.17, 15) is 9.59 Å². The molecule has 0 radical (unpaired) electrons. The average molecular weight is 253 g/mol. The summed E-state index contributed by atoms with van der Waals surface area (Å²) in [5.74, 6) is -0.156. The molecule has 2 aliphatic rings. The molecular weight excluding hydrogens is 230 g/mol. The second-order valence-corrected chi connectivity index (χ2v) is 5.79. The number of carbonyl (C=O) groups excluding carboxylic acids is 1. The second-order valence-electron chi connectivity index (χ2n) is 5.79. The van der Waals surface area contributed by atoms with Gasteiger partial charge in [-0.05, 0) is 37.5 Å². The predicted octanol–water partition coefficient (Wildman–Crippen LogP) is 2.18. The van der Waals surface area contributed by atoms with Gasteiger partial charge in [-0.1, -0.05) is 19.3 Å². The van der Waals surface area contributed by atoms with E-state index < -0.39 is 5.97 Å². The van der Waals surface area contributed by atoms with Crippen molar-refractivity contribution in [2.75, 3.05) is 6.54 Å². The van der Waals surface area contributed by atoms with Crippen LogP contribution in [-0.2, 0) is 9.59 Å². The lowest BCUT2D eigenvalue weighted by Gasteiger charge is -2.17. The van der Waals surface area contributed by atoms with Crippen LogP contribution in [0.3, 0.4) is 0 Å². The quantitative estimate of drug-likeness (QED) is 0.789. The van der Waals surface area contributed by atoms with Crippen molar-refractivity contribution in [2.45, 2.75) is 51.4 Å². The van der Waals surface area contributed by atoms with Crippen molar-refractivity contribution in [2.24, 2.45) is 17.8 Å². The highest BCUT2D eigenvalue weighted by Crippen LogP contribution is 2.31. The van der Waals surface area contributed by atoms with Crippen LogP contribution >= 0.6 is 0 Å². The highest BCUT2D eigenvalue weighted by Gasteiger charge is 2.32. The Labute approximate surface area is 108 Å². The molecule has 18 heavy (non-hydrogen) atoms. The van der Waals surface area contributed by atoms with Crippen molar-refractivity contribution in [3.05, 3.63) is 0 Å². The summed E-state index contributed by atoms with van der Waals surface area (Å²) < 4.78 is 0. The Morgan fingerprint density at radius 3 is 2.44 bits per heavy atom. The van der Waals surface area contributed by atoms with Gasteiger partial charge in [-0.25, -0.2) is 0 Å². The maximum absolute atomic E-state index is 11.8. The van der Waals surface area contributed by atoms with Gasteiger partial charge in [0.25, 0.3) is 0 Å². The lowest BCUT2D eigenvalue weighted by molar-refractivity contribution is -0.143. The lowest BCUT2D eigenvalue weighted by atomic mass is 9.96. The van der Waals surface area contributed by atoms with E-state index in [4.69, 9.17) is 5.11 Å². The summed E-state index contributed by atoms with van der Waals surface area (Å²) in [5.41, 5.74) is 0. The van der Waals surface area contributed by atoms with E-state index in [1.807, 2.05) is 0 Å². The first-order chi connectivity index (χ1) is 8.66. The number of carbonyl (C=O) groups is 2. The third-order valence-electron chi connectivity index (χ3n) is 4.49. The normalized spacial score (nSPS) is 28.4. The fourth-order valence-corrected chi connectivity index (χ4v) is 3.40. The minimum atomic E-state index is -0.706. The Morgan fingerprint density at radius 2 is 1.78 bits per heavy atom. The Kier molecular flexibility index (Phi) is 4.61. The minimum absolute atomic E-state index is 0.109. The molecule has 0 spiro atoms. The molecule has 0 aliphatic heterocycles. The molecule has 102 valence electrons. The van der Waals surface area contributed by atoms with Gasteiger partial charge in [0.1, 0.15) is 0 Å². The van der Waals surface area contributed by atoms with Gasteiger partial charge < -0.3 is 10.4 Å². The summed E-state index contributed by atoms with van der Waals surface area (Å²) in [6.07, 6.45) is 8.15. The first-order valence-electron chi connectivity index (χ1n) is 7.16. The fourth-order valence-electron chi connectivity index (χ4n) is 3.40. The molecule has 0 saturated heterocycles. The molecule has 2 rings (SSSR count). The first-order valence-corrected chi connectivity index (χ1v) is 7.16. The minimum Gasteiger partial charge on any atom is -0.481 e. The van der Waals surface area contributed by atoms with Crippen LogP contribution in [-0.4, -0.2) is 23.5 Å². The monoisotopic (exact) mass is 253 g/mol. The van der Waals surface area contributed by atoms with Crippen molar-refractivity contribution in [1.29, 1.82) is 0 Å². The molecule has 0 aromatic carbocycles. The standard InChI is InChI=1S/C14H23NO3/c16-13(8-10-4-1-2-5-10)15-9-11-6-3-7-12(11)14(17)18/h10-12H,1-9H2,(H,15,16)(H,17,18). The van der Waals surface area contributed by atoms with Gasteiger partial charge >= 0.3 is 5.97 Å². The van der Waals surface area contributed by atoms with Crippen LogP contribution in [0, 0.1) is 17.8 Å². The van der Waals surface area contributed by atoms with Crippen LogP contribution < -0.4 is 5.32 Å². The Balaban J connectivity index is 1.70. The summed E-state index contributed by atoms with van der Waals surface area (Å²) >= 11 is 0. The molecular formula is C14H23NO3. The van der Waals surface area contributed by atoms with E-state index in [1.54, 1.807) is 0 Å². The highest BCUT2D eigenvalue weighted by atomic mass is 16.4. The molecule has 0 heterocycles. The molecule has 2 aliphatic carbocycles. The maximum atomic E-state index is 11.8. The summed E-state index contributed by atoms with van der Waals surface area (Å²) in [4.78, 5) is 22.8. The molecule has 2 saturated carbocycles. The van der Waals surface area contributed by atoms with Crippen LogP contribution in [0.1, 0.15) is 51.4 Å². The average Bonchev–Trinajstić information content (AvgIpc) is 2.96. The van der Waals surface area contributed by atoms with Crippen molar-refractivity contribution < 1.29 is 14.7 Å². The Morgan fingerprint density at radius 1 is 1.06 bits per heavy atom. The molecule has 2 unspecified atom stereocenters. The van der Waals surface area contributed by atoms with E-state index >= 15 is 0 Å². The number of hydrogen-bond acceptors (Lipinski definition) is 2. The third-order valence-corrected chi connectivity index (χ3v) is 4.49. The SMILES string of the molecule is O=C(CC1CCCC1)NCC1CCCC1C(=O)O. The number of nitrogens with one attached hydrogen (secondary N) is 1. The molecule has 4 heteroatoms. The zero-order valence-corrected chi connectivity index (χ0v) is 10.9.